The molecule has 2 aromatic rings. The summed E-state index contributed by atoms with van der Waals surface area (Å²) in [4.78, 5) is 7.65. The van der Waals surface area contributed by atoms with Gasteiger partial charge in [0.2, 0.25) is 5.88 Å². The van der Waals surface area contributed by atoms with Crippen molar-refractivity contribution in [3.05, 3.63) is 41.9 Å². The average Bonchev–Trinajstić information content (AvgIpc) is 3.24. The van der Waals surface area contributed by atoms with E-state index in [4.69, 9.17) is 10.5 Å². The van der Waals surface area contributed by atoms with Gasteiger partial charge in [0.1, 0.15) is 11.6 Å². The van der Waals surface area contributed by atoms with E-state index < -0.39 is 11.9 Å². The number of halogens is 3. The number of hydrogen-bond acceptors (Lipinski definition) is 4. The zero-order valence-electron chi connectivity index (χ0n) is 10.9. The largest absolute Gasteiger partial charge is 0.439 e. The van der Waals surface area contributed by atoms with Gasteiger partial charge in [-0.15, -0.1) is 0 Å². The predicted octanol–water partition coefficient (Wildman–Crippen LogP) is 3.75. The molecular weight excluding hydrogens is 283 g/mol. The molecule has 0 saturated heterocycles. The molecule has 0 bridgehead atoms. The van der Waals surface area contributed by atoms with Gasteiger partial charge in [-0.1, -0.05) is 0 Å². The molecule has 7 heteroatoms. The lowest BCUT2D eigenvalue weighted by atomic mass is 10.3. The Morgan fingerprint density at radius 2 is 1.76 bits per heavy atom. The maximum absolute atomic E-state index is 12.9. The molecule has 1 aliphatic rings. The molecule has 110 valence electrons. The number of nitrogen functional groups attached to an aromatic ring is 1. The molecule has 0 aliphatic heterocycles. The fourth-order valence-corrected chi connectivity index (χ4v) is 1.82. The molecule has 1 aromatic heterocycles. The van der Waals surface area contributed by atoms with Gasteiger partial charge < -0.3 is 10.5 Å². The van der Waals surface area contributed by atoms with Crippen molar-refractivity contribution in [1.82, 2.24) is 9.97 Å². The lowest BCUT2D eigenvalue weighted by molar-refractivity contribution is -0.141. The van der Waals surface area contributed by atoms with E-state index in [0.29, 0.717) is 11.4 Å². The summed E-state index contributed by atoms with van der Waals surface area (Å²) in [6.07, 6.45) is -2.91. The molecule has 3 rings (SSSR count). The first-order chi connectivity index (χ1) is 9.91. The molecule has 1 aliphatic carbocycles. The standard InChI is InChI=1S/C14H12F3N3O/c15-14(16,17)11-7-12(20-13(19-11)8-1-2-8)21-10-5-3-9(18)4-6-10/h3-8H,1-2,18H2. The molecule has 21 heavy (non-hydrogen) atoms. The lowest BCUT2D eigenvalue weighted by Gasteiger charge is -2.11. The van der Waals surface area contributed by atoms with E-state index in [1.165, 1.54) is 0 Å². The van der Waals surface area contributed by atoms with Crippen LogP contribution in [0.15, 0.2) is 30.3 Å². The van der Waals surface area contributed by atoms with E-state index in [9.17, 15) is 13.2 Å². The molecular formula is C14H12F3N3O. The number of aromatic nitrogens is 2. The van der Waals surface area contributed by atoms with Gasteiger partial charge in [0.05, 0.1) is 0 Å². The second-order valence-electron chi connectivity index (χ2n) is 4.89. The van der Waals surface area contributed by atoms with Gasteiger partial charge in [-0.2, -0.15) is 18.2 Å². The Kier molecular flexibility index (Phi) is 3.19. The Morgan fingerprint density at radius 3 is 2.33 bits per heavy atom. The van der Waals surface area contributed by atoms with Gasteiger partial charge in [-0.05, 0) is 37.1 Å². The van der Waals surface area contributed by atoms with E-state index in [-0.39, 0.29) is 17.6 Å². The van der Waals surface area contributed by atoms with Crippen LogP contribution in [0.25, 0.3) is 0 Å². The Bertz CT molecular complexity index is 652. The van der Waals surface area contributed by atoms with Crippen LogP contribution in [-0.4, -0.2) is 9.97 Å². The maximum Gasteiger partial charge on any atom is 0.433 e. The van der Waals surface area contributed by atoms with Crippen molar-refractivity contribution < 1.29 is 17.9 Å². The monoisotopic (exact) mass is 295 g/mol. The van der Waals surface area contributed by atoms with Gasteiger partial charge in [-0.3, -0.25) is 0 Å². The molecule has 2 N–H and O–H groups in total. The van der Waals surface area contributed by atoms with Crippen LogP contribution in [0.1, 0.15) is 30.3 Å². The van der Waals surface area contributed by atoms with E-state index in [0.717, 1.165) is 18.9 Å². The highest BCUT2D eigenvalue weighted by Gasteiger charge is 2.36. The number of hydrogen-bond donors (Lipinski definition) is 1. The second kappa shape index (κ2) is 4.91. The Hall–Kier alpha value is -2.31. The van der Waals surface area contributed by atoms with Crippen LogP contribution in [0.2, 0.25) is 0 Å². The zero-order valence-corrected chi connectivity index (χ0v) is 10.9. The van der Waals surface area contributed by atoms with Gasteiger partial charge in [0.15, 0.2) is 5.69 Å². The van der Waals surface area contributed by atoms with E-state index >= 15 is 0 Å². The fraction of sp³-hybridized carbons (Fsp3) is 0.286. The van der Waals surface area contributed by atoms with Crippen LogP contribution in [0.5, 0.6) is 11.6 Å². The van der Waals surface area contributed by atoms with Crippen LogP contribution >= 0.6 is 0 Å². The number of benzene rings is 1. The van der Waals surface area contributed by atoms with Crippen molar-refractivity contribution in [2.75, 3.05) is 5.73 Å². The topological polar surface area (TPSA) is 61.0 Å². The van der Waals surface area contributed by atoms with Crippen molar-refractivity contribution in [1.29, 1.82) is 0 Å². The average molecular weight is 295 g/mol. The quantitative estimate of drug-likeness (QED) is 0.876. The third-order valence-electron chi connectivity index (χ3n) is 3.06. The number of anilines is 1. The van der Waals surface area contributed by atoms with Crippen molar-refractivity contribution in [3.63, 3.8) is 0 Å². The molecule has 0 unspecified atom stereocenters. The summed E-state index contributed by atoms with van der Waals surface area (Å²) in [5, 5.41) is 0. The minimum Gasteiger partial charge on any atom is -0.439 e. The molecule has 0 atom stereocenters. The highest BCUT2D eigenvalue weighted by Crippen LogP contribution is 2.40. The van der Waals surface area contributed by atoms with Crippen LogP contribution in [0, 0.1) is 0 Å². The molecule has 0 spiro atoms. The summed E-state index contributed by atoms with van der Waals surface area (Å²) in [7, 11) is 0. The number of ether oxygens (including phenoxy) is 1. The van der Waals surface area contributed by atoms with Crippen LogP contribution in [-0.2, 0) is 6.18 Å². The third kappa shape index (κ3) is 3.24. The molecule has 1 fully saturated rings. The summed E-state index contributed by atoms with van der Waals surface area (Å²) in [5.41, 5.74) is 5.10. The minimum atomic E-state index is -4.52. The van der Waals surface area contributed by atoms with Crippen LogP contribution < -0.4 is 10.5 Å². The first-order valence-electron chi connectivity index (χ1n) is 6.41. The minimum absolute atomic E-state index is 0.000989. The molecule has 1 heterocycles. The Morgan fingerprint density at radius 1 is 1.10 bits per heavy atom. The molecule has 1 saturated carbocycles. The Labute approximate surface area is 118 Å². The summed E-state index contributed by atoms with van der Waals surface area (Å²) in [6, 6.07) is 7.15. The van der Waals surface area contributed by atoms with E-state index in [2.05, 4.69) is 9.97 Å². The van der Waals surface area contributed by atoms with E-state index in [1.807, 2.05) is 0 Å². The normalized spacial score (nSPS) is 15.0. The van der Waals surface area contributed by atoms with Crippen LogP contribution in [0.3, 0.4) is 0 Å². The van der Waals surface area contributed by atoms with Crippen molar-refractivity contribution in [2.24, 2.45) is 0 Å². The molecule has 0 radical (unpaired) electrons. The maximum atomic E-state index is 12.9. The summed E-state index contributed by atoms with van der Waals surface area (Å²) in [5.74, 6) is 0.457. The second-order valence-corrected chi connectivity index (χ2v) is 4.89. The van der Waals surface area contributed by atoms with Gasteiger partial charge in [0, 0.05) is 17.7 Å². The van der Waals surface area contributed by atoms with Crippen molar-refractivity contribution >= 4 is 5.69 Å². The number of nitrogens with zero attached hydrogens (tertiary/aromatic N) is 2. The molecule has 0 amide bonds. The van der Waals surface area contributed by atoms with Gasteiger partial charge in [0.25, 0.3) is 0 Å². The van der Waals surface area contributed by atoms with Crippen molar-refractivity contribution in [2.45, 2.75) is 24.9 Å². The highest BCUT2D eigenvalue weighted by atomic mass is 19.4. The molecule has 1 aromatic carbocycles. The molecule has 4 nitrogen and oxygen atoms in total. The van der Waals surface area contributed by atoms with E-state index in [1.54, 1.807) is 24.3 Å². The summed E-state index contributed by atoms with van der Waals surface area (Å²) in [6.45, 7) is 0. The van der Waals surface area contributed by atoms with Gasteiger partial charge in [-0.25, -0.2) is 4.98 Å². The zero-order chi connectivity index (χ0) is 15.0. The number of rotatable bonds is 3. The van der Waals surface area contributed by atoms with Crippen LogP contribution in [0.4, 0.5) is 18.9 Å². The number of alkyl halides is 3. The third-order valence-corrected chi connectivity index (χ3v) is 3.06. The predicted molar refractivity (Wildman–Crippen MR) is 69.9 cm³/mol. The summed E-state index contributed by atoms with van der Waals surface area (Å²) >= 11 is 0. The van der Waals surface area contributed by atoms with Crippen molar-refractivity contribution in [3.8, 4) is 11.6 Å². The first-order valence-corrected chi connectivity index (χ1v) is 6.41. The van der Waals surface area contributed by atoms with Gasteiger partial charge >= 0.3 is 6.18 Å². The number of nitrogens with two attached hydrogens (primary N) is 1. The Balaban J connectivity index is 1.93. The summed E-state index contributed by atoms with van der Waals surface area (Å²) < 4.78 is 44.0. The fourth-order valence-electron chi connectivity index (χ4n) is 1.82. The SMILES string of the molecule is Nc1ccc(Oc2cc(C(F)(F)F)nc(C3CC3)n2)cc1. The first kappa shape index (κ1) is 13.7. The lowest BCUT2D eigenvalue weighted by Crippen LogP contribution is -2.11. The smallest absolute Gasteiger partial charge is 0.433 e. The highest BCUT2D eigenvalue weighted by molar-refractivity contribution is 5.42.